The van der Waals surface area contributed by atoms with Crippen LogP contribution in [0.25, 0.3) is 0 Å². The van der Waals surface area contributed by atoms with E-state index in [0.29, 0.717) is 11.7 Å². The molecule has 0 spiro atoms. The Morgan fingerprint density at radius 1 is 1.33 bits per heavy atom. The summed E-state index contributed by atoms with van der Waals surface area (Å²) < 4.78 is 0. The Morgan fingerprint density at radius 2 is 1.92 bits per heavy atom. The third kappa shape index (κ3) is 2.96. The Morgan fingerprint density at radius 3 is 2.33 bits per heavy atom. The van der Waals surface area contributed by atoms with Gasteiger partial charge in [0.1, 0.15) is 5.75 Å². The molecule has 0 amide bonds. The molecule has 1 nitrogen and oxygen atoms in total. The van der Waals surface area contributed by atoms with Gasteiger partial charge in [0.15, 0.2) is 0 Å². The van der Waals surface area contributed by atoms with Crippen molar-refractivity contribution in [1.29, 1.82) is 0 Å². The molecule has 0 aliphatic heterocycles. The average molecular weight is 192 g/mol. The quantitative estimate of drug-likeness (QED) is 0.678. The van der Waals surface area contributed by atoms with Gasteiger partial charge in [0.25, 0.3) is 0 Å². The van der Waals surface area contributed by atoms with Crippen LogP contribution < -0.4 is 0 Å². The number of phenols is 1. The van der Waals surface area contributed by atoms with Crippen molar-refractivity contribution in [3.8, 4) is 5.75 Å². The molecule has 0 radical (unpaired) electrons. The molecule has 0 atom stereocenters. The van der Waals surface area contributed by atoms with E-state index in [1.54, 1.807) is 6.07 Å². The molecule has 0 saturated carbocycles. The third-order valence-corrected chi connectivity index (χ3v) is 1.81. The Bertz CT molecular complexity index is 264. The second kappa shape index (κ2) is 5.11. The molecule has 0 heterocycles. The van der Waals surface area contributed by atoms with E-state index >= 15 is 0 Å². The van der Waals surface area contributed by atoms with Crippen LogP contribution in [0.2, 0.25) is 0 Å². The van der Waals surface area contributed by atoms with Crippen LogP contribution in [-0.2, 0) is 0 Å². The Labute approximate surface area is 107 Å². The fourth-order valence-corrected chi connectivity index (χ4v) is 1.14. The van der Waals surface area contributed by atoms with Gasteiger partial charge < -0.3 is 7.96 Å². The number of phenolic OH excluding ortho intramolecular Hbond substituents is 1. The van der Waals surface area contributed by atoms with Gasteiger partial charge in [-0.3, -0.25) is 0 Å². The van der Waals surface area contributed by atoms with Crippen LogP contribution in [0.15, 0.2) is 18.2 Å². The first-order valence-electron chi connectivity index (χ1n) is 3.91. The molecule has 12 heavy (non-hydrogen) atoms. The van der Waals surface area contributed by atoms with Crippen LogP contribution in [0, 0.1) is 6.92 Å². The smallest absolute Gasteiger partial charge is 1.00 e. The molecule has 0 saturated heterocycles. The van der Waals surface area contributed by atoms with Crippen molar-refractivity contribution in [3.63, 3.8) is 0 Å². The van der Waals surface area contributed by atoms with Crippen molar-refractivity contribution < 1.29 is 7.96 Å². The number of hydrogen-bond acceptors (Lipinski definition) is 1. The van der Waals surface area contributed by atoms with Gasteiger partial charge in [-0.05, 0) is 30.0 Å². The van der Waals surface area contributed by atoms with E-state index in [9.17, 15) is 5.11 Å². The molecule has 1 aromatic carbocycles. The van der Waals surface area contributed by atoms with E-state index in [4.69, 9.17) is 0 Å². The normalized spacial score (nSPS) is 9.67. The van der Waals surface area contributed by atoms with Crippen LogP contribution in [0.4, 0.5) is 0 Å². The van der Waals surface area contributed by atoms with Crippen LogP contribution in [0.1, 0.15) is 33.7 Å². The van der Waals surface area contributed by atoms with E-state index in [0.717, 1.165) is 11.1 Å². The summed E-state index contributed by atoms with van der Waals surface area (Å²) in [6, 6.07) is 5.81. The molecule has 1 N–H and O–H groups in total. The second-order valence-electron chi connectivity index (χ2n) is 3.22. The number of aryl methyl sites for hydroxylation is 1. The summed E-state index contributed by atoms with van der Waals surface area (Å²) in [5.41, 5.74) is 2.13. The zero-order valence-electron chi connectivity index (χ0n) is 9.96. The summed E-state index contributed by atoms with van der Waals surface area (Å²) in [4.78, 5) is 0. The van der Waals surface area contributed by atoms with Gasteiger partial charge >= 0.3 is 37.7 Å². The van der Waals surface area contributed by atoms with E-state index in [2.05, 4.69) is 13.8 Å². The summed E-state index contributed by atoms with van der Waals surface area (Å²) in [5.74, 6) is 0.815. The molecule has 0 unspecified atom stereocenters. The predicted molar refractivity (Wildman–Crippen MR) is 54.9 cm³/mol. The standard InChI is InChI=1S/C10H14O.Ca.2H/c1-7(2)9-5-4-8(3)6-10(9)11;;;/h4-7,11H,1-3H3;;;/q;+2;2*-1. The monoisotopic (exact) mass is 192 g/mol. The number of rotatable bonds is 1. The van der Waals surface area contributed by atoms with Gasteiger partial charge in [-0.2, -0.15) is 0 Å². The minimum absolute atomic E-state index is 0. The van der Waals surface area contributed by atoms with Crippen molar-refractivity contribution in [1.82, 2.24) is 0 Å². The molecule has 1 aromatic rings. The van der Waals surface area contributed by atoms with Crippen molar-refractivity contribution in [2.24, 2.45) is 0 Å². The largest absolute Gasteiger partial charge is 2.00 e. The van der Waals surface area contributed by atoms with Crippen LogP contribution in [-0.4, -0.2) is 42.8 Å². The van der Waals surface area contributed by atoms with Gasteiger partial charge in [0, 0.05) is 0 Å². The third-order valence-electron chi connectivity index (χ3n) is 1.81. The fraction of sp³-hybridized carbons (Fsp3) is 0.400. The zero-order valence-corrected chi connectivity index (χ0v) is 10.2. The fourth-order valence-electron chi connectivity index (χ4n) is 1.14. The van der Waals surface area contributed by atoms with E-state index < -0.39 is 0 Å². The molecule has 1 rings (SSSR count). The van der Waals surface area contributed by atoms with E-state index in [-0.39, 0.29) is 40.6 Å². The van der Waals surface area contributed by atoms with Crippen molar-refractivity contribution >= 4 is 37.7 Å². The van der Waals surface area contributed by atoms with Crippen LogP contribution in [0.3, 0.4) is 0 Å². The first kappa shape index (κ1) is 12.3. The van der Waals surface area contributed by atoms with Gasteiger partial charge in [0.05, 0.1) is 0 Å². The molecule has 0 aliphatic rings. The molecular weight excluding hydrogens is 176 g/mol. The average Bonchev–Trinajstić information content (AvgIpc) is 1.85. The maximum absolute atomic E-state index is 9.46. The SMILES string of the molecule is Cc1ccc(C(C)C)c(O)c1.[Ca+2].[H-].[H-]. The minimum Gasteiger partial charge on any atom is -1.00 e. The summed E-state index contributed by atoms with van der Waals surface area (Å²) in [6.45, 7) is 6.12. The molecule has 2 heteroatoms. The maximum atomic E-state index is 9.46. The van der Waals surface area contributed by atoms with Gasteiger partial charge in [-0.1, -0.05) is 26.0 Å². The molecule has 64 valence electrons. The Balaban J connectivity index is -0.000000403. The molecule has 0 aliphatic carbocycles. The summed E-state index contributed by atoms with van der Waals surface area (Å²) in [5, 5.41) is 9.46. The maximum Gasteiger partial charge on any atom is 2.00 e. The Kier molecular flexibility index (Phi) is 5.22. The topological polar surface area (TPSA) is 20.2 Å². The van der Waals surface area contributed by atoms with Gasteiger partial charge in [0.2, 0.25) is 0 Å². The molecular formula is C10H16CaO. The first-order valence-corrected chi connectivity index (χ1v) is 3.91. The van der Waals surface area contributed by atoms with Crippen molar-refractivity contribution in [2.45, 2.75) is 26.7 Å². The van der Waals surface area contributed by atoms with E-state index in [1.807, 2.05) is 19.1 Å². The van der Waals surface area contributed by atoms with Crippen LogP contribution >= 0.6 is 0 Å². The number of benzene rings is 1. The second-order valence-corrected chi connectivity index (χ2v) is 3.22. The van der Waals surface area contributed by atoms with E-state index in [1.165, 1.54) is 0 Å². The van der Waals surface area contributed by atoms with Gasteiger partial charge in [-0.15, -0.1) is 0 Å². The molecule has 0 bridgehead atoms. The minimum atomic E-state index is 0. The zero-order chi connectivity index (χ0) is 8.43. The predicted octanol–water partition coefficient (Wildman–Crippen LogP) is 2.67. The first-order chi connectivity index (χ1) is 5.11. The summed E-state index contributed by atoms with van der Waals surface area (Å²) >= 11 is 0. The Hall–Kier alpha value is 0.280. The number of aromatic hydroxyl groups is 1. The summed E-state index contributed by atoms with van der Waals surface area (Å²) in [7, 11) is 0. The van der Waals surface area contributed by atoms with Crippen molar-refractivity contribution in [3.05, 3.63) is 29.3 Å². The molecule has 0 aromatic heterocycles. The number of hydrogen-bond donors (Lipinski definition) is 1. The molecule has 0 fully saturated rings. The van der Waals surface area contributed by atoms with Gasteiger partial charge in [-0.25, -0.2) is 0 Å². The summed E-state index contributed by atoms with van der Waals surface area (Å²) in [6.07, 6.45) is 0. The van der Waals surface area contributed by atoms with Crippen molar-refractivity contribution in [2.75, 3.05) is 0 Å². The van der Waals surface area contributed by atoms with Crippen LogP contribution in [0.5, 0.6) is 5.75 Å².